The van der Waals surface area contributed by atoms with E-state index in [0.717, 1.165) is 0 Å². The van der Waals surface area contributed by atoms with Crippen molar-refractivity contribution in [3.05, 3.63) is 39.9 Å². The Kier molecular flexibility index (Phi) is 27.3. The summed E-state index contributed by atoms with van der Waals surface area (Å²) in [6, 6.07) is 16.6. The van der Waals surface area contributed by atoms with Crippen molar-refractivity contribution in [3.63, 3.8) is 0 Å². The third-order valence-electron chi connectivity index (χ3n) is 16.0. The number of unbranched alkanes of at least 4 members (excludes halogenated alkanes) is 28. The van der Waals surface area contributed by atoms with Gasteiger partial charge in [0, 0.05) is 9.75 Å². The van der Waals surface area contributed by atoms with Crippen LogP contribution < -0.4 is 23.6 Å². The van der Waals surface area contributed by atoms with Gasteiger partial charge >= 0.3 is 213 Å². The predicted molar refractivity (Wildman–Crippen MR) is 323 cm³/mol. The van der Waals surface area contributed by atoms with E-state index in [1.165, 1.54) is 230 Å². The number of rotatable bonds is 37. The molecular weight excluding hydrogens is 1020 g/mol. The first kappa shape index (κ1) is 57.9. The molecule has 6 rings (SSSR count). The summed E-state index contributed by atoms with van der Waals surface area (Å²) in [5.74, 6) is 0. The molecule has 0 bridgehead atoms. The Morgan fingerprint density at radius 3 is 1.00 bits per heavy atom. The van der Waals surface area contributed by atoms with Crippen LogP contribution in [0.3, 0.4) is 0 Å². The van der Waals surface area contributed by atoms with Crippen molar-refractivity contribution in [2.45, 2.75) is 279 Å². The number of thiophene rings is 4. The first-order valence-electron chi connectivity index (χ1n) is 29.1. The van der Waals surface area contributed by atoms with Gasteiger partial charge < -0.3 is 0 Å². The van der Waals surface area contributed by atoms with Crippen molar-refractivity contribution < 1.29 is 0 Å². The van der Waals surface area contributed by atoms with E-state index in [4.69, 9.17) is 0 Å². The standard InChI is InChI=1S/C29H47S2Si.C28H46S2Si.3CH3.Sn/c1-4-6-8-10-12-14-16-18-22-32(23-19-17-15-13-11-9-7-5-2)26-20-21-30-28(26)29-27(32)24-25(3)31-29;1-3-5-7-9-11-13-15-17-23-31(24-18-16-14-12-10-8-6-4-2)25-19-21-29-27(25)28-26(31)20-22-30-28;;;;/h20,24H,4-19,22-23H2,1-3H3;19-22H,3-18,23-24H2,1-2H3;3*1H3;. The molecule has 0 aromatic carbocycles. The smallest absolute Gasteiger partial charge is 0.122 e. The number of hydrogen-bond donors (Lipinski definition) is 0. The van der Waals surface area contributed by atoms with Crippen LogP contribution in [0.25, 0.3) is 19.5 Å². The average Bonchev–Trinajstić information content (AvgIpc) is 4.18. The van der Waals surface area contributed by atoms with Crippen LogP contribution in [0, 0.1) is 6.92 Å². The van der Waals surface area contributed by atoms with Crippen molar-refractivity contribution in [1.82, 2.24) is 0 Å². The molecule has 2 aliphatic heterocycles. The normalized spacial score (nSPS) is 14.3. The van der Waals surface area contributed by atoms with Crippen molar-refractivity contribution in [2.24, 2.45) is 0 Å². The van der Waals surface area contributed by atoms with Gasteiger partial charge in [-0.1, -0.05) is 155 Å². The first-order valence-corrected chi connectivity index (χ1v) is 47.3. The molecular formula is C60H102S4Si2Sn. The fraction of sp³-hybridized carbons (Fsp3) is 0.733. The Labute approximate surface area is 438 Å². The maximum Gasteiger partial charge on any atom is 0.122 e. The average molecular weight is 1130 g/mol. The largest absolute Gasteiger partial charge is 0.143 e. The minimum absolute atomic E-state index is 1.36. The first-order chi connectivity index (χ1) is 32.7. The summed E-state index contributed by atoms with van der Waals surface area (Å²) in [5.41, 5.74) is 0. The molecule has 0 spiro atoms. The molecule has 4 aromatic heterocycles. The SMILES string of the molecule is CCCCCCCCCC[Si]1(CCCCCCCCCC)c2cc(C)sc2-c2s[c]([Sn]([CH3])([CH3])[CH3])cc21.CCCCCCCCCC[Si]1(CCCCCCCCCC)c2ccsc2-c2sccc21. The molecule has 0 atom stereocenters. The molecule has 6 heterocycles. The van der Waals surface area contributed by atoms with Gasteiger partial charge in [0.05, 0.1) is 0 Å². The number of aryl methyl sites for hydroxylation is 1. The van der Waals surface area contributed by atoms with Gasteiger partial charge in [0.2, 0.25) is 0 Å². The Balaban J connectivity index is 0.000000254. The molecule has 0 unspecified atom stereocenters. The topological polar surface area (TPSA) is 0 Å². The van der Waals surface area contributed by atoms with Crippen molar-refractivity contribution in [2.75, 3.05) is 0 Å². The van der Waals surface area contributed by atoms with E-state index >= 15 is 0 Å². The van der Waals surface area contributed by atoms with Crippen LogP contribution in [0.1, 0.15) is 238 Å². The van der Waals surface area contributed by atoms with Crippen LogP contribution in [0.5, 0.6) is 0 Å². The fourth-order valence-electron chi connectivity index (χ4n) is 11.9. The molecule has 0 amide bonds. The second kappa shape index (κ2) is 31.6. The maximum atomic E-state index is 2.81. The number of fused-ring (bicyclic) bond motifs is 6. The molecule has 0 radical (unpaired) electrons. The molecule has 0 nitrogen and oxygen atoms in total. The van der Waals surface area contributed by atoms with E-state index in [2.05, 4.69) is 107 Å². The van der Waals surface area contributed by atoms with Gasteiger partial charge in [-0.05, 0) is 33.2 Å². The zero-order chi connectivity index (χ0) is 47.8. The van der Waals surface area contributed by atoms with Crippen LogP contribution in [-0.2, 0) is 0 Å². The fourth-order valence-corrected chi connectivity index (χ4v) is 35.9. The summed E-state index contributed by atoms with van der Waals surface area (Å²) in [6.45, 7) is 11.6. The monoisotopic (exact) mass is 1130 g/mol. The van der Waals surface area contributed by atoms with Crippen molar-refractivity contribution >= 4 is 104 Å². The third-order valence-corrected chi connectivity index (χ3v) is 41.0. The van der Waals surface area contributed by atoms with Crippen LogP contribution in [0.15, 0.2) is 35.0 Å². The third kappa shape index (κ3) is 17.0. The van der Waals surface area contributed by atoms with Gasteiger partial charge in [0.25, 0.3) is 0 Å². The van der Waals surface area contributed by atoms with Crippen LogP contribution >= 0.6 is 45.3 Å². The Hall–Kier alpha value is 0.0325. The van der Waals surface area contributed by atoms with Crippen LogP contribution in [-0.4, -0.2) is 34.5 Å². The van der Waals surface area contributed by atoms with Gasteiger partial charge in [0.15, 0.2) is 0 Å². The quantitative estimate of drug-likeness (QED) is 0.0312. The van der Waals surface area contributed by atoms with E-state index < -0.39 is 34.5 Å². The van der Waals surface area contributed by atoms with E-state index in [9.17, 15) is 0 Å². The molecule has 0 fully saturated rings. The minimum Gasteiger partial charge on any atom is -0.143 e. The zero-order valence-corrected chi connectivity index (χ0v) is 53.2. The Morgan fingerprint density at radius 1 is 0.358 bits per heavy atom. The van der Waals surface area contributed by atoms with E-state index in [0.29, 0.717) is 0 Å². The Morgan fingerprint density at radius 2 is 0.657 bits per heavy atom. The molecule has 378 valence electrons. The summed E-state index contributed by atoms with van der Waals surface area (Å²) in [5, 5.41) is 12.2. The molecule has 2 aliphatic rings. The molecule has 4 aromatic rings. The van der Waals surface area contributed by atoms with Gasteiger partial charge in [-0.25, -0.2) is 0 Å². The van der Waals surface area contributed by atoms with Gasteiger partial charge in [-0.2, -0.15) is 0 Å². The zero-order valence-electron chi connectivity index (χ0n) is 45.1. The predicted octanol–water partition coefficient (Wildman–Crippen LogP) is 20.1. The van der Waals surface area contributed by atoms with Crippen LogP contribution in [0.4, 0.5) is 0 Å². The molecule has 0 saturated heterocycles. The van der Waals surface area contributed by atoms with Gasteiger partial charge in [0.1, 0.15) is 8.07 Å². The number of hydrogen-bond acceptors (Lipinski definition) is 4. The maximum absolute atomic E-state index is 2.81. The molecule has 0 aliphatic carbocycles. The molecule has 7 heteroatoms. The Bertz CT molecular complexity index is 1820. The molecule has 0 saturated carbocycles. The van der Waals surface area contributed by atoms with E-state index in [-0.39, 0.29) is 0 Å². The van der Waals surface area contributed by atoms with Crippen LogP contribution in [0.2, 0.25) is 39.0 Å². The van der Waals surface area contributed by atoms with Gasteiger partial charge in [-0.15, -0.1) is 22.7 Å². The van der Waals surface area contributed by atoms with E-state index in [1.54, 1.807) is 24.4 Å². The van der Waals surface area contributed by atoms with E-state index in [1.807, 2.05) is 46.3 Å². The second-order valence-corrected chi connectivity index (χ2v) is 50.6. The summed E-state index contributed by atoms with van der Waals surface area (Å²) in [4.78, 5) is 16.2. The summed E-state index contributed by atoms with van der Waals surface area (Å²) in [7, 11) is -3.13. The summed E-state index contributed by atoms with van der Waals surface area (Å²) < 4.78 is 1.83. The summed E-state index contributed by atoms with van der Waals surface area (Å²) >= 11 is 6.33. The van der Waals surface area contributed by atoms with Gasteiger partial charge in [-0.3, -0.25) is 0 Å². The molecule has 0 N–H and O–H groups in total. The summed E-state index contributed by atoms with van der Waals surface area (Å²) in [6.07, 6.45) is 46.1. The molecule has 67 heavy (non-hydrogen) atoms. The minimum atomic E-state index is -2.07. The van der Waals surface area contributed by atoms with Crippen molar-refractivity contribution in [3.8, 4) is 19.5 Å². The second-order valence-electron chi connectivity index (χ2n) is 22.6. The van der Waals surface area contributed by atoms with Crippen molar-refractivity contribution in [1.29, 1.82) is 0 Å².